The van der Waals surface area contributed by atoms with Crippen LogP contribution < -0.4 is 10.2 Å². The molecule has 0 radical (unpaired) electrons. The van der Waals surface area contributed by atoms with Crippen LogP contribution in [0.25, 0.3) is 20.9 Å². The van der Waals surface area contributed by atoms with Gasteiger partial charge in [0.05, 0.1) is 10.2 Å². The summed E-state index contributed by atoms with van der Waals surface area (Å²) in [6.07, 6.45) is 4.92. The van der Waals surface area contributed by atoms with Gasteiger partial charge in [0, 0.05) is 49.7 Å². The number of aromatic nitrogens is 4. The number of aryl methyl sites for hydroxylation is 1. The first-order chi connectivity index (χ1) is 16.0. The molecule has 2 bridgehead atoms. The molecule has 0 amide bonds. The first kappa shape index (κ1) is 20.5. The Labute approximate surface area is 197 Å². The van der Waals surface area contributed by atoms with Crippen molar-refractivity contribution in [2.24, 2.45) is 0 Å². The number of rotatable bonds is 5. The lowest BCUT2D eigenvalue weighted by Gasteiger charge is -2.37. The van der Waals surface area contributed by atoms with Crippen molar-refractivity contribution in [3.8, 4) is 10.7 Å². The fourth-order valence-electron chi connectivity index (χ4n) is 5.11. The lowest BCUT2D eigenvalue weighted by atomic mass is 10.2. The molecule has 7 nitrogen and oxygen atoms in total. The molecule has 4 aromatic heterocycles. The van der Waals surface area contributed by atoms with Crippen LogP contribution in [0.3, 0.4) is 0 Å². The van der Waals surface area contributed by atoms with Crippen LogP contribution in [0.2, 0.25) is 0 Å². The van der Waals surface area contributed by atoms with Crippen LogP contribution in [0.5, 0.6) is 0 Å². The fourth-order valence-corrected chi connectivity index (χ4v) is 6.09. The summed E-state index contributed by atoms with van der Waals surface area (Å²) >= 11 is 1.62. The number of hydrogen-bond acceptors (Lipinski definition) is 8. The van der Waals surface area contributed by atoms with E-state index < -0.39 is 0 Å². The Balaban J connectivity index is 1.22. The smallest absolute Gasteiger partial charge is 0.143 e. The van der Waals surface area contributed by atoms with Gasteiger partial charge in [-0.1, -0.05) is 12.1 Å². The Kier molecular flexibility index (Phi) is 4.99. The third-order valence-electron chi connectivity index (χ3n) is 6.72. The zero-order valence-corrected chi connectivity index (χ0v) is 19.9. The minimum absolute atomic E-state index is 0.554. The number of thiazole rings is 1. The van der Waals surface area contributed by atoms with Crippen LogP contribution in [-0.4, -0.2) is 56.1 Å². The predicted octanol–water partition coefficient (Wildman–Crippen LogP) is 4.87. The Morgan fingerprint density at radius 2 is 1.94 bits per heavy atom. The summed E-state index contributed by atoms with van der Waals surface area (Å²) in [5.74, 6) is 2.59. The lowest BCUT2D eigenvalue weighted by molar-refractivity contribution is 0.191. The molecule has 2 fully saturated rings. The summed E-state index contributed by atoms with van der Waals surface area (Å²) in [7, 11) is 0. The molecule has 168 valence electrons. The van der Waals surface area contributed by atoms with E-state index in [1.54, 1.807) is 11.3 Å². The first-order valence-electron chi connectivity index (χ1n) is 11.5. The monoisotopic (exact) mass is 457 g/mol. The summed E-state index contributed by atoms with van der Waals surface area (Å²) in [5.41, 5.74) is 2.97. The Bertz CT molecular complexity index is 1320. The molecule has 33 heavy (non-hydrogen) atoms. The van der Waals surface area contributed by atoms with Gasteiger partial charge >= 0.3 is 0 Å². The van der Waals surface area contributed by atoms with E-state index in [1.165, 1.54) is 6.42 Å². The fraction of sp³-hybridized carbons (Fsp3) is 0.360. The van der Waals surface area contributed by atoms with Crippen LogP contribution in [-0.2, 0) is 0 Å². The molecule has 1 N–H and O–H groups in total. The van der Waals surface area contributed by atoms with Crippen molar-refractivity contribution < 1.29 is 0 Å². The largest absolute Gasteiger partial charge is 0.351 e. The van der Waals surface area contributed by atoms with Gasteiger partial charge in [0.15, 0.2) is 0 Å². The molecule has 6 heterocycles. The molecule has 0 spiro atoms. The highest BCUT2D eigenvalue weighted by Crippen LogP contribution is 2.35. The molecule has 0 aromatic carbocycles. The van der Waals surface area contributed by atoms with Crippen molar-refractivity contribution in [3.05, 3.63) is 54.4 Å². The summed E-state index contributed by atoms with van der Waals surface area (Å²) in [6, 6.07) is 14.0. The van der Waals surface area contributed by atoms with E-state index >= 15 is 0 Å². The Morgan fingerprint density at radius 3 is 2.73 bits per heavy atom. The molecular weight excluding hydrogens is 430 g/mol. The molecule has 2 aliphatic rings. The van der Waals surface area contributed by atoms with Gasteiger partial charge < -0.3 is 10.2 Å². The molecule has 1 unspecified atom stereocenters. The van der Waals surface area contributed by atoms with Crippen LogP contribution in [0.4, 0.5) is 17.5 Å². The Hall–Kier alpha value is -3.10. The molecule has 2 saturated heterocycles. The van der Waals surface area contributed by atoms with Crippen molar-refractivity contribution in [1.82, 2.24) is 24.8 Å². The summed E-state index contributed by atoms with van der Waals surface area (Å²) < 4.78 is 1.05. The molecule has 0 saturated carbocycles. The number of anilines is 3. The van der Waals surface area contributed by atoms with Gasteiger partial charge in [-0.3, -0.25) is 9.88 Å². The Morgan fingerprint density at radius 1 is 1.03 bits per heavy atom. The number of nitrogens with one attached hydrogen (secondary N) is 1. The van der Waals surface area contributed by atoms with Gasteiger partial charge in [0.2, 0.25) is 0 Å². The van der Waals surface area contributed by atoms with Crippen LogP contribution in [0.1, 0.15) is 25.8 Å². The van der Waals surface area contributed by atoms with Crippen molar-refractivity contribution in [2.45, 2.75) is 45.3 Å². The number of nitrogens with zero attached hydrogens (tertiary/aromatic N) is 6. The maximum atomic E-state index is 4.91. The van der Waals surface area contributed by atoms with E-state index in [0.717, 1.165) is 57.0 Å². The van der Waals surface area contributed by atoms with Gasteiger partial charge in [-0.05, 0) is 51.0 Å². The second kappa shape index (κ2) is 8.04. The predicted molar refractivity (Wildman–Crippen MR) is 134 cm³/mol. The third-order valence-corrected chi connectivity index (χ3v) is 7.73. The van der Waals surface area contributed by atoms with Crippen molar-refractivity contribution in [2.75, 3.05) is 23.3 Å². The zero-order valence-electron chi connectivity index (χ0n) is 19.1. The molecule has 4 aromatic rings. The lowest BCUT2D eigenvalue weighted by Crippen LogP contribution is -2.49. The second-order valence-electron chi connectivity index (χ2n) is 9.22. The van der Waals surface area contributed by atoms with Crippen LogP contribution in [0, 0.1) is 6.92 Å². The highest BCUT2D eigenvalue weighted by atomic mass is 32.1. The number of hydrogen-bond donors (Lipinski definition) is 1. The highest BCUT2D eigenvalue weighted by Gasteiger charge is 2.44. The second-order valence-corrected chi connectivity index (χ2v) is 10.2. The minimum Gasteiger partial charge on any atom is -0.351 e. The summed E-state index contributed by atoms with van der Waals surface area (Å²) in [4.78, 5) is 23.9. The van der Waals surface area contributed by atoms with E-state index in [1.807, 2.05) is 30.6 Å². The molecule has 2 aliphatic heterocycles. The van der Waals surface area contributed by atoms with E-state index in [-0.39, 0.29) is 0 Å². The van der Waals surface area contributed by atoms with E-state index in [2.05, 4.69) is 64.1 Å². The van der Waals surface area contributed by atoms with Gasteiger partial charge in [-0.2, -0.15) is 0 Å². The van der Waals surface area contributed by atoms with Gasteiger partial charge in [0.1, 0.15) is 28.2 Å². The average Bonchev–Trinajstić information content (AvgIpc) is 3.53. The SMILES string of the molecule is Cc1cccnc1-c1nc2cc(Nc3cccc(N4CC5C[C@H]4CN5C(C)C)n3)ncc2s1. The maximum Gasteiger partial charge on any atom is 0.143 e. The minimum atomic E-state index is 0.554. The van der Waals surface area contributed by atoms with Crippen molar-refractivity contribution >= 4 is 39.0 Å². The highest BCUT2D eigenvalue weighted by molar-refractivity contribution is 7.21. The van der Waals surface area contributed by atoms with Gasteiger partial charge in [-0.25, -0.2) is 15.0 Å². The number of piperazine rings is 1. The van der Waals surface area contributed by atoms with E-state index in [0.29, 0.717) is 18.1 Å². The summed E-state index contributed by atoms with van der Waals surface area (Å²) in [6.45, 7) is 8.83. The van der Waals surface area contributed by atoms with Gasteiger partial charge in [0.25, 0.3) is 0 Å². The average molecular weight is 458 g/mol. The number of fused-ring (bicyclic) bond motifs is 3. The van der Waals surface area contributed by atoms with E-state index in [9.17, 15) is 0 Å². The normalized spacial score (nSPS) is 20.3. The number of likely N-dealkylation sites (tertiary alicyclic amines) is 1. The van der Waals surface area contributed by atoms with Gasteiger partial charge in [-0.15, -0.1) is 11.3 Å². The quantitative estimate of drug-likeness (QED) is 0.458. The maximum absolute atomic E-state index is 4.91. The third kappa shape index (κ3) is 3.73. The van der Waals surface area contributed by atoms with E-state index in [4.69, 9.17) is 9.97 Å². The summed E-state index contributed by atoms with van der Waals surface area (Å²) in [5, 5.41) is 4.30. The molecular formula is C25H27N7S. The van der Waals surface area contributed by atoms with Crippen molar-refractivity contribution in [3.63, 3.8) is 0 Å². The molecule has 2 atom stereocenters. The zero-order chi connectivity index (χ0) is 22.5. The van der Waals surface area contributed by atoms with Crippen molar-refractivity contribution in [1.29, 1.82) is 0 Å². The molecule has 8 heteroatoms. The topological polar surface area (TPSA) is 70.1 Å². The molecule has 0 aliphatic carbocycles. The molecule has 6 rings (SSSR count). The standard InChI is InChI=1S/C25H27N7S/c1-15(2)31-13-18-10-17(31)14-32(18)23-8-4-7-21(30-23)29-22-11-19-20(12-27-22)33-25(28-19)24-16(3)6-5-9-26-24/h4-9,11-12,15,17-18H,10,13-14H2,1-3H3,(H,27,29,30)/t17?,18-/m0/s1. The van der Waals surface area contributed by atoms with Crippen LogP contribution in [0.15, 0.2) is 48.8 Å². The first-order valence-corrected chi connectivity index (χ1v) is 12.3. The number of pyridine rings is 3. The van der Waals surface area contributed by atoms with Crippen LogP contribution >= 0.6 is 11.3 Å².